The Labute approximate surface area is 146 Å². The topological polar surface area (TPSA) is 72.7 Å². The molecule has 0 spiro atoms. The molecule has 0 atom stereocenters. The molecule has 6 nitrogen and oxygen atoms in total. The van der Waals surface area contributed by atoms with Gasteiger partial charge >= 0.3 is 6.18 Å². The van der Waals surface area contributed by atoms with Crippen LogP contribution < -0.4 is 5.32 Å². The van der Waals surface area contributed by atoms with Crippen LogP contribution >= 0.6 is 0 Å². The Morgan fingerprint density at radius 3 is 2.77 bits per heavy atom. The van der Waals surface area contributed by atoms with E-state index in [1.165, 1.54) is 16.8 Å². The third-order valence-corrected chi connectivity index (χ3v) is 3.54. The molecular weight excluding hydrogens is 347 g/mol. The van der Waals surface area contributed by atoms with Crippen molar-refractivity contribution in [3.05, 3.63) is 71.8 Å². The number of nitrogens with zero attached hydrogens (tertiary/aromatic N) is 4. The summed E-state index contributed by atoms with van der Waals surface area (Å²) in [6, 6.07) is 8.26. The summed E-state index contributed by atoms with van der Waals surface area (Å²) in [6.45, 7) is 0.123. The van der Waals surface area contributed by atoms with E-state index in [0.29, 0.717) is 5.69 Å². The van der Waals surface area contributed by atoms with E-state index in [9.17, 15) is 18.0 Å². The molecule has 134 valence electrons. The van der Waals surface area contributed by atoms with Crippen LogP contribution in [0.15, 0.2) is 55.0 Å². The molecule has 0 saturated heterocycles. The van der Waals surface area contributed by atoms with Crippen molar-refractivity contribution in [2.45, 2.75) is 19.1 Å². The Balaban J connectivity index is 1.57. The molecule has 2 heterocycles. The van der Waals surface area contributed by atoms with E-state index in [-0.39, 0.29) is 18.5 Å². The van der Waals surface area contributed by atoms with Crippen LogP contribution in [0.25, 0.3) is 5.69 Å². The number of amides is 1. The molecule has 9 heteroatoms. The highest BCUT2D eigenvalue weighted by Crippen LogP contribution is 2.29. The van der Waals surface area contributed by atoms with Crippen LogP contribution in [-0.2, 0) is 23.9 Å². The van der Waals surface area contributed by atoms with Gasteiger partial charge in [-0.25, -0.2) is 4.68 Å². The third kappa shape index (κ3) is 4.44. The Morgan fingerprint density at radius 2 is 2.04 bits per heavy atom. The minimum absolute atomic E-state index is 0.123. The van der Waals surface area contributed by atoms with Gasteiger partial charge in [0.2, 0.25) is 5.91 Å². The van der Waals surface area contributed by atoms with E-state index in [4.69, 9.17) is 0 Å². The van der Waals surface area contributed by atoms with Crippen molar-refractivity contribution < 1.29 is 18.0 Å². The van der Waals surface area contributed by atoms with Gasteiger partial charge in [-0.3, -0.25) is 9.78 Å². The minimum atomic E-state index is -4.43. The molecule has 0 aliphatic carbocycles. The summed E-state index contributed by atoms with van der Waals surface area (Å²) in [5.41, 5.74) is 0.756. The first-order valence-electron chi connectivity index (χ1n) is 7.66. The molecule has 1 amide bonds. The summed E-state index contributed by atoms with van der Waals surface area (Å²) in [6.07, 6.45) is 0.305. The average molecular weight is 361 g/mol. The molecule has 3 aromatic rings. The van der Waals surface area contributed by atoms with Crippen molar-refractivity contribution in [1.82, 2.24) is 25.3 Å². The Kier molecular flexibility index (Phi) is 4.97. The lowest BCUT2D eigenvalue weighted by Crippen LogP contribution is -2.24. The van der Waals surface area contributed by atoms with E-state index in [1.807, 2.05) is 0 Å². The predicted molar refractivity (Wildman–Crippen MR) is 86.1 cm³/mol. The number of aromatic nitrogens is 4. The highest BCUT2D eigenvalue weighted by atomic mass is 19.4. The Hall–Kier alpha value is -3.23. The van der Waals surface area contributed by atoms with Crippen molar-refractivity contribution in [3.8, 4) is 5.69 Å². The fourth-order valence-electron chi connectivity index (χ4n) is 2.29. The van der Waals surface area contributed by atoms with Crippen LogP contribution in [0, 0.1) is 0 Å². The average Bonchev–Trinajstić information content (AvgIpc) is 3.09. The molecule has 3 rings (SSSR count). The zero-order chi connectivity index (χ0) is 18.6. The molecule has 0 fully saturated rings. The third-order valence-electron chi connectivity index (χ3n) is 3.54. The van der Waals surface area contributed by atoms with Crippen LogP contribution in [0.3, 0.4) is 0 Å². The van der Waals surface area contributed by atoms with Crippen LogP contribution in [0.4, 0.5) is 13.2 Å². The first-order valence-corrected chi connectivity index (χ1v) is 7.66. The van der Waals surface area contributed by atoms with Gasteiger partial charge < -0.3 is 5.32 Å². The summed E-state index contributed by atoms with van der Waals surface area (Å²) in [5, 5.41) is 10.5. The van der Waals surface area contributed by atoms with E-state index < -0.39 is 17.6 Å². The molecule has 26 heavy (non-hydrogen) atoms. The first-order chi connectivity index (χ1) is 12.4. The number of hydrogen-bond acceptors (Lipinski definition) is 4. The zero-order valence-corrected chi connectivity index (χ0v) is 13.4. The van der Waals surface area contributed by atoms with Crippen molar-refractivity contribution in [2.24, 2.45) is 0 Å². The number of pyridine rings is 1. The van der Waals surface area contributed by atoms with Crippen molar-refractivity contribution in [2.75, 3.05) is 0 Å². The molecule has 0 bridgehead atoms. The quantitative estimate of drug-likeness (QED) is 0.758. The fourth-order valence-corrected chi connectivity index (χ4v) is 2.29. The largest absolute Gasteiger partial charge is 0.416 e. The number of nitrogens with one attached hydrogen (secondary N) is 1. The molecule has 0 radical (unpaired) electrons. The van der Waals surface area contributed by atoms with Crippen molar-refractivity contribution >= 4 is 5.91 Å². The smallest absolute Gasteiger partial charge is 0.350 e. The molecule has 0 unspecified atom stereocenters. The first kappa shape index (κ1) is 17.6. The lowest BCUT2D eigenvalue weighted by molar-refractivity contribution is -0.137. The highest BCUT2D eigenvalue weighted by Gasteiger charge is 2.30. The van der Waals surface area contributed by atoms with E-state index >= 15 is 0 Å². The summed E-state index contributed by atoms with van der Waals surface area (Å²) in [7, 11) is 0. The number of carbonyl (C=O) groups is 1. The number of hydrogen-bond donors (Lipinski definition) is 1. The monoisotopic (exact) mass is 361 g/mol. The van der Waals surface area contributed by atoms with Crippen LogP contribution in [-0.4, -0.2) is 25.9 Å². The normalized spacial score (nSPS) is 11.3. The summed E-state index contributed by atoms with van der Waals surface area (Å²) >= 11 is 0. The van der Waals surface area contributed by atoms with Crippen LogP contribution in [0.1, 0.15) is 16.8 Å². The molecular formula is C17H14F3N5O. The number of alkyl halides is 3. The fraction of sp³-hybridized carbons (Fsp3) is 0.176. The zero-order valence-electron chi connectivity index (χ0n) is 13.4. The summed E-state index contributed by atoms with van der Waals surface area (Å²) in [4.78, 5) is 15.9. The van der Waals surface area contributed by atoms with Gasteiger partial charge in [0.05, 0.1) is 36.6 Å². The van der Waals surface area contributed by atoms with E-state index in [1.54, 1.807) is 30.7 Å². The number of benzene rings is 1. The van der Waals surface area contributed by atoms with Crippen molar-refractivity contribution in [3.63, 3.8) is 0 Å². The van der Waals surface area contributed by atoms with Gasteiger partial charge in [0.25, 0.3) is 0 Å². The molecule has 0 aliphatic rings. The second kappa shape index (κ2) is 7.34. The second-order valence-corrected chi connectivity index (χ2v) is 5.52. The van der Waals surface area contributed by atoms with Gasteiger partial charge in [0.1, 0.15) is 5.69 Å². The molecule has 1 N–H and O–H groups in total. The number of carbonyl (C=O) groups excluding carboxylic acids is 1. The maximum atomic E-state index is 12.7. The highest BCUT2D eigenvalue weighted by molar-refractivity contribution is 5.78. The van der Waals surface area contributed by atoms with Gasteiger partial charge in [-0.15, -0.1) is 5.10 Å². The number of rotatable bonds is 5. The molecule has 2 aromatic heterocycles. The Bertz CT molecular complexity index is 893. The predicted octanol–water partition coefficient (Wildman–Crippen LogP) is 2.54. The standard InChI is InChI=1S/C17H14F3N5O/c18-17(19,20)13-4-1-3-12(7-13)8-16(26)22-9-14-11-25(24-23-14)15-5-2-6-21-10-15/h1-7,10-11H,8-9H2,(H,22,26). The second-order valence-electron chi connectivity index (χ2n) is 5.52. The molecule has 1 aromatic carbocycles. The SMILES string of the molecule is O=C(Cc1cccc(C(F)(F)F)c1)NCc1cn(-c2cccnc2)nn1. The maximum absolute atomic E-state index is 12.7. The van der Waals surface area contributed by atoms with Gasteiger partial charge in [-0.1, -0.05) is 23.4 Å². The molecule has 0 saturated carbocycles. The summed E-state index contributed by atoms with van der Waals surface area (Å²) in [5.74, 6) is -0.403. The lowest BCUT2D eigenvalue weighted by atomic mass is 10.1. The van der Waals surface area contributed by atoms with E-state index in [0.717, 1.165) is 17.8 Å². The number of halogens is 3. The summed E-state index contributed by atoms with van der Waals surface area (Å²) < 4.78 is 39.6. The van der Waals surface area contributed by atoms with Gasteiger partial charge in [0, 0.05) is 6.20 Å². The van der Waals surface area contributed by atoms with Gasteiger partial charge in [-0.2, -0.15) is 13.2 Å². The minimum Gasteiger partial charge on any atom is -0.350 e. The Morgan fingerprint density at radius 1 is 1.19 bits per heavy atom. The molecule has 0 aliphatic heterocycles. The van der Waals surface area contributed by atoms with Crippen molar-refractivity contribution in [1.29, 1.82) is 0 Å². The van der Waals surface area contributed by atoms with Gasteiger partial charge in [-0.05, 0) is 23.8 Å². The van der Waals surface area contributed by atoms with E-state index in [2.05, 4.69) is 20.6 Å². The maximum Gasteiger partial charge on any atom is 0.416 e. The van der Waals surface area contributed by atoms with Gasteiger partial charge in [0.15, 0.2) is 0 Å². The van der Waals surface area contributed by atoms with Crippen LogP contribution in [0.2, 0.25) is 0 Å². The van der Waals surface area contributed by atoms with Crippen LogP contribution in [0.5, 0.6) is 0 Å². The lowest BCUT2D eigenvalue weighted by Gasteiger charge is -2.08.